The Hall–Kier alpha value is -2.21. The van der Waals surface area contributed by atoms with Crippen LogP contribution in [0.4, 0.5) is 5.95 Å². The molecule has 10 nitrogen and oxygen atoms in total. The van der Waals surface area contributed by atoms with Crippen molar-refractivity contribution >= 4 is 45.1 Å². The second kappa shape index (κ2) is 10.2. The zero-order valence-corrected chi connectivity index (χ0v) is 19.6. The van der Waals surface area contributed by atoms with Crippen molar-refractivity contribution in [1.82, 2.24) is 19.2 Å². The van der Waals surface area contributed by atoms with E-state index in [4.69, 9.17) is 23.2 Å². The van der Waals surface area contributed by atoms with Crippen LogP contribution in [0.5, 0.6) is 0 Å². The third-order valence-corrected chi connectivity index (χ3v) is 7.82. The molecule has 1 saturated heterocycles. The van der Waals surface area contributed by atoms with E-state index >= 15 is 0 Å². The van der Waals surface area contributed by atoms with Gasteiger partial charge in [-0.3, -0.25) is 4.79 Å². The van der Waals surface area contributed by atoms with Crippen molar-refractivity contribution in [2.45, 2.75) is 43.7 Å². The minimum Gasteiger partial charge on any atom is -0.390 e. The average molecular weight is 504 g/mol. The van der Waals surface area contributed by atoms with Crippen LogP contribution < -0.4 is 4.72 Å². The molecule has 0 bridgehead atoms. The fourth-order valence-corrected chi connectivity index (χ4v) is 5.95. The Balaban J connectivity index is 1.86. The Morgan fingerprint density at radius 2 is 1.94 bits per heavy atom. The molecule has 1 aliphatic rings. The maximum atomic E-state index is 13.2. The lowest BCUT2D eigenvalue weighted by molar-refractivity contribution is -0.396. The Labute approximate surface area is 195 Å². The number of aromatic nitrogens is 2. The zero-order valence-electron chi connectivity index (χ0n) is 17.3. The maximum Gasteiger partial charge on any atom is 0.434 e. The second-order valence-electron chi connectivity index (χ2n) is 7.70. The number of rotatable bonds is 8. The number of carbonyl (C=O) groups is 1. The van der Waals surface area contributed by atoms with Crippen molar-refractivity contribution in [3.63, 3.8) is 0 Å². The highest BCUT2D eigenvalue weighted by atomic mass is 35.5. The van der Waals surface area contributed by atoms with Gasteiger partial charge >= 0.3 is 5.95 Å². The fourth-order valence-electron chi connectivity index (χ4n) is 3.58. The van der Waals surface area contributed by atoms with Crippen LogP contribution >= 0.6 is 23.2 Å². The number of aryl methyl sites for hydroxylation is 1. The number of carbonyl (C=O) groups excluding carboxylic acids is 1. The van der Waals surface area contributed by atoms with Crippen molar-refractivity contribution in [3.05, 3.63) is 50.8 Å². The monoisotopic (exact) mass is 503 g/mol. The van der Waals surface area contributed by atoms with Crippen molar-refractivity contribution in [1.29, 1.82) is 0 Å². The van der Waals surface area contributed by atoms with E-state index in [9.17, 15) is 23.3 Å². The van der Waals surface area contributed by atoms with Crippen molar-refractivity contribution < 1.29 is 18.1 Å². The molecular weight excluding hydrogens is 481 g/mol. The number of benzene rings is 1. The summed E-state index contributed by atoms with van der Waals surface area (Å²) in [5.74, 6) is -0.309. The topological polar surface area (TPSA) is 127 Å². The van der Waals surface area contributed by atoms with E-state index in [1.165, 1.54) is 35.2 Å². The first kappa shape index (κ1) is 24.4. The fraction of sp³-hybridized carbons (Fsp3) is 0.474. The Bertz CT molecular complexity index is 1080. The number of nitrogens with zero attached hydrogens (tertiary/aromatic N) is 4. The summed E-state index contributed by atoms with van der Waals surface area (Å²) in [5.41, 5.74) is 0. The van der Waals surface area contributed by atoms with Gasteiger partial charge in [0.2, 0.25) is 15.9 Å². The number of likely N-dealkylation sites (tertiary alicyclic amines) is 1. The van der Waals surface area contributed by atoms with E-state index in [2.05, 4.69) is 16.6 Å². The van der Waals surface area contributed by atoms with Gasteiger partial charge in [-0.1, -0.05) is 41.2 Å². The first-order valence-corrected chi connectivity index (χ1v) is 12.2. The van der Waals surface area contributed by atoms with Gasteiger partial charge in [0.15, 0.2) is 0 Å². The summed E-state index contributed by atoms with van der Waals surface area (Å²) in [7, 11) is -4.25. The summed E-state index contributed by atoms with van der Waals surface area (Å²) in [6.07, 6.45) is 4.28. The molecule has 1 N–H and O–H groups in total. The normalized spacial score (nSPS) is 16.2. The van der Waals surface area contributed by atoms with E-state index in [0.717, 1.165) is 12.8 Å². The number of hydrogen-bond donors (Lipinski definition) is 1. The standard InChI is InChI=1S/C19H23Cl2N5O5S/c1-13-5-9-24(10-6-13)18(27)16(7-11-25-12-8-22-19(25)26(28)29)23-32(30,31)17-14(20)3-2-4-15(17)21/h2-4,8,12-13,16,23H,5-7,9-11H2,1H3. The lowest BCUT2D eigenvalue weighted by atomic mass is 9.98. The highest BCUT2D eigenvalue weighted by molar-refractivity contribution is 7.89. The maximum absolute atomic E-state index is 13.2. The molecule has 32 heavy (non-hydrogen) atoms. The molecule has 0 saturated carbocycles. The third kappa shape index (κ3) is 5.58. The molecule has 0 radical (unpaired) electrons. The molecular formula is C19H23Cl2N5O5S. The average Bonchev–Trinajstić information content (AvgIpc) is 3.20. The van der Waals surface area contributed by atoms with Crippen molar-refractivity contribution in [2.24, 2.45) is 5.92 Å². The van der Waals surface area contributed by atoms with E-state index < -0.39 is 26.9 Å². The summed E-state index contributed by atoms with van der Waals surface area (Å²) in [5, 5.41) is 11.0. The van der Waals surface area contributed by atoms with E-state index in [1.54, 1.807) is 4.90 Å². The summed E-state index contributed by atoms with van der Waals surface area (Å²) in [4.78, 5) is 28.7. The molecule has 1 fully saturated rings. The highest BCUT2D eigenvalue weighted by Crippen LogP contribution is 2.29. The van der Waals surface area contributed by atoms with Gasteiger partial charge in [-0.15, -0.1) is 0 Å². The summed E-state index contributed by atoms with van der Waals surface area (Å²) in [6.45, 7) is 3.13. The van der Waals surface area contributed by atoms with Gasteiger partial charge in [0, 0.05) is 19.5 Å². The van der Waals surface area contributed by atoms with Gasteiger partial charge in [0.25, 0.3) is 0 Å². The number of imidazole rings is 1. The van der Waals surface area contributed by atoms with Gasteiger partial charge in [-0.2, -0.15) is 4.72 Å². The quantitative estimate of drug-likeness (QED) is 0.435. The van der Waals surface area contributed by atoms with Crippen LogP contribution in [-0.2, 0) is 21.4 Å². The van der Waals surface area contributed by atoms with Gasteiger partial charge < -0.3 is 15.0 Å². The lowest BCUT2D eigenvalue weighted by Crippen LogP contribution is -2.51. The van der Waals surface area contributed by atoms with Gasteiger partial charge in [-0.25, -0.2) is 13.0 Å². The molecule has 13 heteroatoms. The Morgan fingerprint density at radius 3 is 2.53 bits per heavy atom. The van der Waals surface area contributed by atoms with Crippen LogP contribution in [0.3, 0.4) is 0 Å². The van der Waals surface area contributed by atoms with E-state index in [1.807, 2.05) is 0 Å². The van der Waals surface area contributed by atoms with Gasteiger partial charge in [0.05, 0.1) is 16.6 Å². The molecule has 1 aliphatic heterocycles. The molecule has 2 heterocycles. The highest BCUT2D eigenvalue weighted by Gasteiger charge is 2.33. The van der Waals surface area contributed by atoms with Crippen LogP contribution in [0, 0.1) is 16.0 Å². The lowest BCUT2D eigenvalue weighted by Gasteiger charge is -2.33. The van der Waals surface area contributed by atoms with E-state index in [-0.39, 0.29) is 33.9 Å². The summed E-state index contributed by atoms with van der Waals surface area (Å²) in [6, 6.07) is 3.13. The molecule has 1 aromatic heterocycles. The van der Waals surface area contributed by atoms with Crippen molar-refractivity contribution in [3.8, 4) is 0 Å². The first-order chi connectivity index (χ1) is 15.1. The number of piperidine rings is 1. The van der Waals surface area contributed by atoms with Gasteiger partial charge in [0.1, 0.15) is 23.3 Å². The first-order valence-electron chi connectivity index (χ1n) is 10.0. The van der Waals surface area contributed by atoms with Crippen LogP contribution in [0.25, 0.3) is 0 Å². The summed E-state index contributed by atoms with van der Waals surface area (Å²) < 4.78 is 29.8. The molecule has 1 unspecified atom stereocenters. The molecule has 174 valence electrons. The molecule has 3 rings (SSSR count). The Morgan fingerprint density at radius 1 is 1.31 bits per heavy atom. The number of hydrogen-bond acceptors (Lipinski definition) is 6. The van der Waals surface area contributed by atoms with Crippen LogP contribution in [-0.4, -0.2) is 52.8 Å². The summed E-state index contributed by atoms with van der Waals surface area (Å²) >= 11 is 12.1. The number of halogens is 2. The predicted molar refractivity (Wildman–Crippen MR) is 119 cm³/mol. The predicted octanol–water partition coefficient (Wildman–Crippen LogP) is 3.09. The minimum atomic E-state index is -4.25. The molecule has 1 aromatic carbocycles. The molecule has 0 aliphatic carbocycles. The molecule has 1 atom stereocenters. The second-order valence-corrected chi connectivity index (χ2v) is 10.2. The van der Waals surface area contributed by atoms with Crippen LogP contribution in [0.2, 0.25) is 10.0 Å². The number of nitro groups is 1. The van der Waals surface area contributed by atoms with Gasteiger partial charge in [-0.05, 0) is 35.8 Å². The zero-order chi connectivity index (χ0) is 23.5. The van der Waals surface area contributed by atoms with E-state index in [0.29, 0.717) is 19.0 Å². The number of sulfonamides is 1. The smallest absolute Gasteiger partial charge is 0.390 e. The van der Waals surface area contributed by atoms with Crippen molar-refractivity contribution in [2.75, 3.05) is 13.1 Å². The minimum absolute atomic E-state index is 0.00966. The molecule has 0 spiro atoms. The molecule has 1 amide bonds. The van der Waals surface area contributed by atoms with Crippen LogP contribution in [0.15, 0.2) is 35.5 Å². The largest absolute Gasteiger partial charge is 0.434 e. The third-order valence-electron chi connectivity index (χ3n) is 5.39. The Kier molecular flexibility index (Phi) is 7.75. The molecule has 2 aromatic rings. The number of amides is 1. The van der Waals surface area contributed by atoms with Crippen LogP contribution in [0.1, 0.15) is 26.2 Å². The SMILES string of the molecule is CC1CCN(C(=O)C(CCn2ccnc2[N+](=O)[O-])NS(=O)(=O)c2c(Cl)cccc2Cl)CC1. The number of nitrogens with one attached hydrogen (secondary N) is 1.